The molecule has 132 valence electrons. The van der Waals surface area contributed by atoms with Gasteiger partial charge in [-0.3, -0.25) is 9.59 Å². The molecule has 1 fully saturated rings. The summed E-state index contributed by atoms with van der Waals surface area (Å²) in [6.45, 7) is 2.17. The average Bonchev–Trinajstić information content (AvgIpc) is 2.60. The predicted molar refractivity (Wildman–Crippen MR) is 94.0 cm³/mol. The molecule has 1 aromatic rings. The Bertz CT molecular complexity index is 546. The second-order valence-corrected chi connectivity index (χ2v) is 6.67. The van der Waals surface area contributed by atoms with Crippen LogP contribution in [-0.2, 0) is 16.0 Å². The summed E-state index contributed by atoms with van der Waals surface area (Å²) in [5.74, 6) is 0.832. The number of carbonyl (C=O) groups excluding carboxylic acids is 2. The van der Waals surface area contributed by atoms with Gasteiger partial charge in [-0.1, -0.05) is 12.1 Å². The molecular formula is C19H28N2O3. The van der Waals surface area contributed by atoms with E-state index in [4.69, 9.17) is 4.74 Å². The van der Waals surface area contributed by atoms with Crippen molar-refractivity contribution in [2.24, 2.45) is 5.92 Å². The molecule has 0 aromatic heterocycles. The van der Waals surface area contributed by atoms with Gasteiger partial charge in [-0.2, -0.15) is 0 Å². The summed E-state index contributed by atoms with van der Waals surface area (Å²) in [5, 5.41) is 0. The number of hydrogen-bond donors (Lipinski definition) is 0. The molecule has 0 saturated carbocycles. The zero-order valence-electron chi connectivity index (χ0n) is 15.0. The lowest BCUT2D eigenvalue weighted by Gasteiger charge is -2.32. The van der Waals surface area contributed by atoms with E-state index in [1.165, 1.54) is 5.56 Å². The van der Waals surface area contributed by atoms with Gasteiger partial charge in [0.1, 0.15) is 0 Å². The average molecular weight is 332 g/mol. The number of ether oxygens (including phenoxy) is 1. The largest absolute Gasteiger partial charge is 0.384 e. The van der Waals surface area contributed by atoms with E-state index in [1.54, 1.807) is 26.1 Å². The highest BCUT2D eigenvalue weighted by atomic mass is 16.5. The molecule has 0 N–H and O–H groups in total. The molecule has 2 rings (SSSR count). The van der Waals surface area contributed by atoms with Crippen molar-refractivity contribution in [3.63, 3.8) is 0 Å². The highest BCUT2D eigenvalue weighted by molar-refractivity contribution is 5.93. The fourth-order valence-electron chi connectivity index (χ4n) is 3.11. The lowest BCUT2D eigenvalue weighted by atomic mass is 9.90. The minimum atomic E-state index is 0.0319. The molecule has 24 heavy (non-hydrogen) atoms. The Balaban J connectivity index is 1.81. The molecule has 0 unspecified atom stereocenters. The van der Waals surface area contributed by atoms with Crippen molar-refractivity contribution < 1.29 is 14.3 Å². The molecule has 0 aliphatic carbocycles. The molecular weight excluding hydrogens is 304 g/mol. The normalized spacial score (nSPS) is 15.4. The Morgan fingerprint density at radius 1 is 1.17 bits per heavy atom. The van der Waals surface area contributed by atoms with E-state index in [2.05, 4.69) is 0 Å². The monoisotopic (exact) mass is 332 g/mol. The number of benzene rings is 1. The van der Waals surface area contributed by atoms with Gasteiger partial charge in [0.05, 0.1) is 13.0 Å². The second kappa shape index (κ2) is 8.83. The van der Waals surface area contributed by atoms with Crippen LogP contribution in [0.15, 0.2) is 24.3 Å². The van der Waals surface area contributed by atoms with Crippen LogP contribution in [0.1, 0.15) is 35.2 Å². The zero-order valence-corrected chi connectivity index (χ0v) is 15.0. The van der Waals surface area contributed by atoms with Gasteiger partial charge in [0, 0.05) is 39.9 Å². The minimum Gasteiger partial charge on any atom is -0.384 e. The topological polar surface area (TPSA) is 49.9 Å². The predicted octanol–water partition coefficient (Wildman–Crippen LogP) is 2.21. The molecule has 1 aromatic carbocycles. The van der Waals surface area contributed by atoms with Gasteiger partial charge in [0.2, 0.25) is 5.91 Å². The van der Waals surface area contributed by atoms with Crippen LogP contribution < -0.4 is 0 Å². The first kappa shape index (κ1) is 18.5. The summed E-state index contributed by atoms with van der Waals surface area (Å²) in [7, 11) is 5.15. The van der Waals surface area contributed by atoms with Gasteiger partial charge in [0.25, 0.3) is 5.91 Å². The van der Waals surface area contributed by atoms with E-state index in [-0.39, 0.29) is 11.8 Å². The first-order chi connectivity index (χ1) is 11.5. The number of carbonyl (C=O) groups is 2. The van der Waals surface area contributed by atoms with Gasteiger partial charge >= 0.3 is 0 Å². The number of amides is 2. The highest BCUT2D eigenvalue weighted by Gasteiger charge is 2.22. The van der Waals surface area contributed by atoms with Crippen LogP contribution in [0.4, 0.5) is 0 Å². The van der Waals surface area contributed by atoms with E-state index in [1.807, 2.05) is 29.2 Å². The second-order valence-electron chi connectivity index (χ2n) is 6.67. The summed E-state index contributed by atoms with van der Waals surface area (Å²) >= 11 is 0. The number of rotatable bonds is 6. The number of hydrogen-bond acceptors (Lipinski definition) is 3. The maximum absolute atomic E-state index is 12.0. The molecule has 1 aliphatic rings. The van der Waals surface area contributed by atoms with Crippen molar-refractivity contribution in [2.75, 3.05) is 40.9 Å². The van der Waals surface area contributed by atoms with Crippen molar-refractivity contribution in [3.05, 3.63) is 35.4 Å². The summed E-state index contributed by atoms with van der Waals surface area (Å²) in [5.41, 5.74) is 1.98. The van der Waals surface area contributed by atoms with Crippen molar-refractivity contribution in [1.29, 1.82) is 0 Å². The molecule has 0 radical (unpaired) electrons. The van der Waals surface area contributed by atoms with Gasteiger partial charge in [0.15, 0.2) is 0 Å². The van der Waals surface area contributed by atoms with E-state index < -0.39 is 0 Å². The van der Waals surface area contributed by atoms with Crippen LogP contribution in [-0.4, -0.2) is 62.5 Å². The maximum Gasteiger partial charge on any atom is 0.253 e. The van der Waals surface area contributed by atoms with Gasteiger partial charge in [-0.05, 0) is 42.9 Å². The van der Waals surface area contributed by atoms with Crippen LogP contribution in [0.5, 0.6) is 0 Å². The number of nitrogens with zero attached hydrogens (tertiary/aromatic N) is 2. The van der Waals surface area contributed by atoms with Crippen LogP contribution in [0.25, 0.3) is 0 Å². The van der Waals surface area contributed by atoms with E-state index in [9.17, 15) is 9.59 Å². The Labute approximate surface area is 144 Å². The smallest absolute Gasteiger partial charge is 0.253 e. The molecule has 5 heteroatoms. The van der Waals surface area contributed by atoms with Gasteiger partial charge in [-0.25, -0.2) is 0 Å². The number of likely N-dealkylation sites (tertiary alicyclic amines) is 1. The third-order valence-corrected chi connectivity index (χ3v) is 4.62. The Morgan fingerprint density at radius 2 is 1.79 bits per heavy atom. The van der Waals surface area contributed by atoms with Crippen molar-refractivity contribution in [1.82, 2.24) is 9.80 Å². The third kappa shape index (κ3) is 5.06. The lowest BCUT2D eigenvalue weighted by molar-refractivity contribution is -0.133. The molecule has 0 bridgehead atoms. The Hall–Kier alpha value is -1.88. The van der Waals surface area contributed by atoms with Crippen LogP contribution >= 0.6 is 0 Å². The first-order valence-electron chi connectivity index (χ1n) is 8.58. The maximum atomic E-state index is 12.0. The molecule has 0 spiro atoms. The van der Waals surface area contributed by atoms with Crippen LogP contribution in [0.3, 0.4) is 0 Å². The van der Waals surface area contributed by atoms with E-state index in [0.717, 1.165) is 37.9 Å². The highest BCUT2D eigenvalue weighted by Crippen LogP contribution is 2.22. The summed E-state index contributed by atoms with van der Waals surface area (Å²) < 4.78 is 4.97. The Kier molecular flexibility index (Phi) is 6.79. The summed E-state index contributed by atoms with van der Waals surface area (Å²) in [6.07, 6.45) is 3.56. The standard InChI is InChI=1S/C19H28N2O3/c1-20(2)19(23)17-6-4-15(5-7-17)14-16-8-11-21(12-9-16)18(22)10-13-24-3/h4-7,16H,8-14H2,1-3H3. The van der Waals surface area contributed by atoms with Crippen molar-refractivity contribution in [2.45, 2.75) is 25.7 Å². The first-order valence-corrected chi connectivity index (χ1v) is 8.58. The van der Waals surface area contributed by atoms with Crippen molar-refractivity contribution >= 4 is 11.8 Å². The molecule has 5 nitrogen and oxygen atoms in total. The molecule has 2 amide bonds. The number of methoxy groups -OCH3 is 1. The summed E-state index contributed by atoms with van der Waals surface area (Å²) in [4.78, 5) is 27.4. The lowest BCUT2D eigenvalue weighted by Crippen LogP contribution is -2.39. The summed E-state index contributed by atoms with van der Waals surface area (Å²) in [6, 6.07) is 7.90. The number of piperidine rings is 1. The van der Waals surface area contributed by atoms with Crippen LogP contribution in [0.2, 0.25) is 0 Å². The Morgan fingerprint density at radius 3 is 2.33 bits per heavy atom. The van der Waals surface area contributed by atoms with E-state index >= 15 is 0 Å². The zero-order chi connectivity index (χ0) is 17.5. The quantitative estimate of drug-likeness (QED) is 0.802. The van der Waals surface area contributed by atoms with Gasteiger partial charge < -0.3 is 14.5 Å². The fourth-order valence-corrected chi connectivity index (χ4v) is 3.11. The molecule has 1 saturated heterocycles. The third-order valence-electron chi connectivity index (χ3n) is 4.62. The minimum absolute atomic E-state index is 0.0319. The van der Waals surface area contributed by atoms with Crippen molar-refractivity contribution in [3.8, 4) is 0 Å². The molecule has 1 aliphatic heterocycles. The molecule has 0 atom stereocenters. The van der Waals surface area contributed by atoms with Crippen LogP contribution in [0, 0.1) is 5.92 Å². The van der Waals surface area contributed by atoms with E-state index in [0.29, 0.717) is 18.9 Å². The molecule has 1 heterocycles. The fraction of sp³-hybridized carbons (Fsp3) is 0.579. The SMILES string of the molecule is COCCC(=O)N1CCC(Cc2ccc(C(=O)N(C)C)cc2)CC1. The van der Waals surface area contributed by atoms with Gasteiger partial charge in [-0.15, -0.1) is 0 Å².